The highest BCUT2D eigenvalue weighted by Crippen LogP contribution is 1.89. The third kappa shape index (κ3) is 11.9. The standard InChI is InChI=1S/C11H25NO2/c1-3-4-9-14-10-5-7-12-8-6-11(2)13/h11-13H,3-10H2,1-2H3. The van der Waals surface area contributed by atoms with Crippen LogP contribution in [0.5, 0.6) is 0 Å². The smallest absolute Gasteiger partial charge is 0.0524 e. The Morgan fingerprint density at radius 2 is 1.93 bits per heavy atom. The van der Waals surface area contributed by atoms with E-state index in [1.807, 2.05) is 6.92 Å². The molecule has 0 aliphatic rings. The Bertz CT molecular complexity index is 107. The van der Waals surface area contributed by atoms with Crippen molar-refractivity contribution in [2.75, 3.05) is 26.3 Å². The molecular formula is C11H25NO2. The summed E-state index contributed by atoms with van der Waals surface area (Å²) in [4.78, 5) is 0. The van der Waals surface area contributed by atoms with E-state index in [9.17, 15) is 0 Å². The zero-order valence-corrected chi connectivity index (χ0v) is 9.59. The summed E-state index contributed by atoms with van der Waals surface area (Å²) in [6, 6.07) is 0. The number of hydrogen-bond acceptors (Lipinski definition) is 3. The van der Waals surface area contributed by atoms with Gasteiger partial charge in [0.15, 0.2) is 0 Å². The monoisotopic (exact) mass is 203 g/mol. The van der Waals surface area contributed by atoms with Crippen molar-refractivity contribution in [1.82, 2.24) is 5.32 Å². The Balaban J connectivity index is 2.85. The van der Waals surface area contributed by atoms with E-state index in [0.29, 0.717) is 0 Å². The summed E-state index contributed by atoms with van der Waals surface area (Å²) in [5.41, 5.74) is 0. The summed E-state index contributed by atoms with van der Waals surface area (Å²) in [5, 5.41) is 12.3. The van der Waals surface area contributed by atoms with E-state index in [1.54, 1.807) is 0 Å². The van der Waals surface area contributed by atoms with Crippen LogP contribution in [0.15, 0.2) is 0 Å². The molecule has 0 aliphatic heterocycles. The highest BCUT2D eigenvalue weighted by molar-refractivity contribution is 4.52. The Kier molecular flexibility index (Phi) is 10.9. The molecule has 0 bridgehead atoms. The van der Waals surface area contributed by atoms with Gasteiger partial charge in [-0.1, -0.05) is 13.3 Å². The fourth-order valence-electron chi connectivity index (χ4n) is 1.08. The van der Waals surface area contributed by atoms with Crippen LogP contribution in [0.4, 0.5) is 0 Å². The van der Waals surface area contributed by atoms with E-state index in [0.717, 1.165) is 45.6 Å². The normalized spacial score (nSPS) is 13.1. The van der Waals surface area contributed by atoms with Crippen LogP contribution in [0.25, 0.3) is 0 Å². The first kappa shape index (κ1) is 13.9. The molecule has 1 unspecified atom stereocenters. The van der Waals surface area contributed by atoms with Gasteiger partial charge in [0.1, 0.15) is 0 Å². The van der Waals surface area contributed by atoms with E-state index in [1.165, 1.54) is 6.42 Å². The number of unbranched alkanes of at least 4 members (excludes halogenated alkanes) is 1. The minimum atomic E-state index is -0.191. The van der Waals surface area contributed by atoms with Gasteiger partial charge in [0.05, 0.1) is 6.10 Å². The maximum Gasteiger partial charge on any atom is 0.0524 e. The lowest BCUT2D eigenvalue weighted by Crippen LogP contribution is -2.21. The quantitative estimate of drug-likeness (QED) is 0.529. The van der Waals surface area contributed by atoms with E-state index in [4.69, 9.17) is 9.84 Å². The van der Waals surface area contributed by atoms with Crippen molar-refractivity contribution in [3.63, 3.8) is 0 Å². The third-order valence-electron chi connectivity index (χ3n) is 2.02. The van der Waals surface area contributed by atoms with Gasteiger partial charge >= 0.3 is 0 Å². The van der Waals surface area contributed by atoms with Crippen LogP contribution in [-0.4, -0.2) is 37.5 Å². The number of aliphatic hydroxyl groups is 1. The molecule has 86 valence electrons. The number of hydrogen-bond donors (Lipinski definition) is 2. The van der Waals surface area contributed by atoms with Gasteiger partial charge < -0.3 is 15.2 Å². The Morgan fingerprint density at radius 3 is 2.57 bits per heavy atom. The number of aliphatic hydroxyl groups excluding tert-OH is 1. The molecule has 14 heavy (non-hydrogen) atoms. The van der Waals surface area contributed by atoms with Crippen LogP contribution in [0, 0.1) is 0 Å². The molecule has 0 aromatic carbocycles. The predicted octanol–water partition coefficient (Wildman–Crippen LogP) is 1.55. The Labute approximate surface area is 87.8 Å². The number of rotatable bonds is 10. The second-order valence-corrected chi connectivity index (χ2v) is 3.71. The van der Waals surface area contributed by atoms with Crippen LogP contribution >= 0.6 is 0 Å². The SMILES string of the molecule is CCCCOCCCNCCC(C)O. The molecule has 3 nitrogen and oxygen atoms in total. The average Bonchev–Trinajstić information content (AvgIpc) is 2.15. The van der Waals surface area contributed by atoms with Crippen molar-refractivity contribution in [2.24, 2.45) is 0 Å². The minimum Gasteiger partial charge on any atom is -0.393 e. The lowest BCUT2D eigenvalue weighted by atomic mass is 10.3. The molecule has 0 aromatic heterocycles. The van der Waals surface area contributed by atoms with E-state index < -0.39 is 0 Å². The zero-order valence-electron chi connectivity index (χ0n) is 9.59. The highest BCUT2D eigenvalue weighted by atomic mass is 16.5. The van der Waals surface area contributed by atoms with Gasteiger partial charge in [-0.25, -0.2) is 0 Å². The first-order valence-corrected chi connectivity index (χ1v) is 5.74. The van der Waals surface area contributed by atoms with Crippen LogP contribution in [0.3, 0.4) is 0 Å². The van der Waals surface area contributed by atoms with Crippen LogP contribution in [-0.2, 0) is 4.74 Å². The van der Waals surface area contributed by atoms with Gasteiger partial charge in [0.25, 0.3) is 0 Å². The summed E-state index contributed by atoms with van der Waals surface area (Å²) in [6.45, 7) is 7.60. The number of nitrogens with one attached hydrogen (secondary N) is 1. The molecule has 0 fully saturated rings. The molecule has 2 N–H and O–H groups in total. The van der Waals surface area contributed by atoms with Gasteiger partial charge in [0, 0.05) is 13.2 Å². The molecule has 0 amide bonds. The summed E-state index contributed by atoms with van der Waals surface area (Å²) in [5.74, 6) is 0. The van der Waals surface area contributed by atoms with Gasteiger partial charge in [-0.05, 0) is 39.3 Å². The lowest BCUT2D eigenvalue weighted by molar-refractivity contribution is 0.128. The largest absolute Gasteiger partial charge is 0.393 e. The van der Waals surface area contributed by atoms with E-state index in [2.05, 4.69) is 12.2 Å². The molecule has 0 aliphatic carbocycles. The van der Waals surface area contributed by atoms with Crippen molar-refractivity contribution in [3.8, 4) is 0 Å². The van der Waals surface area contributed by atoms with Crippen molar-refractivity contribution >= 4 is 0 Å². The molecule has 0 saturated heterocycles. The summed E-state index contributed by atoms with van der Waals surface area (Å²) < 4.78 is 5.41. The van der Waals surface area contributed by atoms with Crippen molar-refractivity contribution in [3.05, 3.63) is 0 Å². The molecule has 3 heteroatoms. The van der Waals surface area contributed by atoms with Crippen molar-refractivity contribution < 1.29 is 9.84 Å². The van der Waals surface area contributed by atoms with Gasteiger partial charge in [0.2, 0.25) is 0 Å². The van der Waals surface area contributed by atoms with Crippen LogP contribution < -0.4 is 5.32 Å². The lowest BCUT2D eigenvalue weighted by Gasteiger charge is -2.06. The van der Waals surface area contributed by atoms with Crippen LogP contribution in [0.2, 0.25) is 0 Å². The second-order valence-electron chi connectivity index (χ2n) is 3.71. The summed E-state index contributed by atoms with van der Waals surface area (Å²) in [7, 11) is 0. The minimum absolute atomic E-state index is 0.191. The van der Waals surface area contributed by atoms with Crippen LogP contribution in [0.1, 0.15) is 39.5 Å². The molecule has 0 radical (unpaired) electrons. The molecule has 1 atom stereocenters. The van der Waals surface area contributed by atoms with E-state index >= 15 is 0 Å². The van der Waals surface area contributed by atoms with Crippen molar-refractivity contribution in [1.29, 1.82) is 0 Å². The van der Waals surface area contributed by atoms with Crippen molar-refractivity contribution in [2.45, 2.75) is 45.6 Å². The first-order chi connectivity index (χ1) is 6.77. The molecular weight excluding hydrogens is 178 g/mol. The van der Waals surface area contributed by atoms with E-state index in [-0.39, 0.29) is 6.10 Å². The summed E-state index contributed by atoms with van der Waals surface area (Å²) >= 11 is 0. The van der Waals surface area contributed by atoms with Gasteiger partial charge in [-0.2, -0.15) is 0 Å². The molecule has 0 rings (SSSR count). The fourth-order valence-corrected chi connectivity index (χ4v) is 1.08. The Hall–Kier alpha value is -0.120. The Morgan fingerprint density at radius 1 is 1.21 bits per heavy atom. The molecule has 0 spiro atoms. The first-order valence-electron chi connectivity index (χ1n) is 5.74. The third-order valence-corrected chi connectivity index (χ3v) is 2.02. The molecule has 0 saturated carbocycles. The topological polar surface area (TPSA) is 41.5 Å². The number of ether oxygens (including phenoxy) is 1. The maximum atomic E-state index is 8.99. The summed E-state index contributed by atoms with van der Waals surface area (Å²) in [6.07, 6.45) is 4.06. The average molecular weight is 203 g/mol. The molecule has 0 aromatic rings. The van der Waals surface area contributed by atoms with Gasteiger partial charge in [-0.15, -0.1) is 0 Å². The fraction of sp³-hybridized carbons (Fsp3) is 1.00. The maximum absolute atomic E-state index is 8.99. The molecule has 0 heterocycles. The zero-order chi connectivity index (χ0) is 10.6. The van der Waals surface area contributed by atoms with Gasteiger partial charge in [-0.3, -0.25) is 0 Å². The predicted molar refractivity (Wildman–Crippen MR) is 59.5 cm³/mol. The highest BCUT2D eigenvalue weighted by Gasteiger charge is 1.94. The second kappa shape index (κ2) is 11.0.